The van der Waals surface area contributed by atoms with E-state index in [9.17, 15) is 9.59 Å². The smallest absolute Gasteiger partial charge is 0.332 e. The first-order valence-electron chi connectivity index (χ1n) is 5.07. The Morgan fingerprint density at radius 2 is 2.38 bits per heavy atom. The number of ketones is 1. The SMILES string of the molecule is COC(=O)C=C1CC(C)C2=C(N1)SCC2=O. The summed E-state index contributed by atoms with van der Waals surface area (Å²) in [6.45, 7) is 2.01. The molecule has 0 fully saturated rings. The van der Waals surface area contributed by atoms with Crippen LogP contribution in [0.5, 0.6) is 0 Å². The summed E-state index contributed by atoms with van der Waals surface area (Å²) in [6.07, 6.45) is 2.13. The first-order chi connectivity index (χ1) is 7.61. The van der Waals surface area contributed by atoms with Gasteiger partial charge in [0, 0.05) is 17.3 Å². The van der Waals surface area contributed by atoms with Gasteiger partial charge in [0.2, 0.25) is 0 Å². The zero-order chi connectivity index (χ0) is 11.7. The van der Waals surface area contributed by atoms with Gasteiger partial charge in [-0.3, -0.25) is 4.79 Å². The first-order valence-corrected chi connectivity index (χ1v) is 6.06. The molecule has 1 unspecified atom stereocenters. The zero-order valence-corrected chi connectivity index (χ0v) is 10.0. The molecule has 2 heterocycles. The van der Waals surface area contributed by atoms with Crippen LogP contribution in [0.1, 0.15) is 13.3 Å². The molecule has 0 aromatic heterocycles. The van der Waals surface area contributed by atoms with Crippen molar-refractivity contribution in [2.45, 2.75) is 13.3 Å². The van der Waals surface area contributed by atoms with Gasteiger partial charge >= 0.3 is 5.97 Å². The maximum absolute atomic E-state index is 11.6. The topological polar surface area (TPSA) is 55.4 Å². The number of carbonyl (C=O) groups is 2. The van der Waals surface area contributed by atoms with Gasteiger partial charge in [-0.1, -0.05) is 18.7 Å². The van der Waals surface area contributed by atoms with Crippen LogP contribution in [0.3, 0.4) is 0 Å². The van der Waals surface area contributed by atoms with Gasteiger partial charge in [0.25, 0.3) is 0 Å². The number of carbonyl (C=O) groups excluding carboxylic acids is 2. The van der Waals surface area contributed by atoms with Crippen molar-refractivity contribution in [3.63, 3.8) is 0 Å². The molecule has 0 spiro atoms. The van der Waals surface area contributed by atoms with E-state index in [0.29, 0.717) is 12.2 Å². The molecule has 0 aromatic carbocycles. The molecule has 0 saturated heterocycles. The molecule has 2 rings (SSSR count). The molecule has 1 N–H and O–H groups in total. The summed E-state index contributed by atoms with van der Waals surface area (Å²) in [6, 6.07) is 0. The second-order valence-corrected chi connectivity index (χ2v) is 4.86. The van der Waals surface area contributed by atoms with E-state index in [1.807, 2.05) is 6.92 Å². The Balaban J connectivity index is 2.22. The maximum Gasteiger partial charge on any atom is 0.332 e. The minimum absolute atomic E-state index is 0.176. The molecule has 2 aliphatic rings. The summed E-state index contributed by atoms with van der Waals surface area (Å²) < 4.78 is 4.58. The van der Waals surface area contributed by atoms with E-state index in [1.54, 1.807) is 0 Å². The van der Waals surface area contributed by atoms with Crippen molar-refractivity contribution >= 4 is 23.5 Å². The first kappa shape index (κ1) is 11.3. The molecule has 5 heteroatoms. The highest BCUT2D eigenvalue weighted by atomic mass is 32.2. The van der Waals surface area contributed by atoms with E-state index in [-0.39, 0.29) is 17.7 Å². The Kier molecular flexibility index (Phi) is 3.05. The summed E-state index contributed by atoms with van der Waals surface area (Å²) in [7, 11) is 1.35. The average molecular weight is 239 g/mol. The summed E-state index contributed by atoms with van der Waals surface area (Å²) in [5, 5.41) is 4.03. The van der Waals surface area contributed by atoms with Gasteiger partial charge in [0.1, 0.15) is 0 Å². The van der Waals surface area contributed by atoms with Crippen molar-refractivity contribution in [2.75, 3.05) is 12.9 Å². The molecule has 16 heavy (non-hydrogen) atoms. The maximum atomic E-state index is 11.6. The number of methoxy groups -OCH3 is 1. The van der Waals surface area contributed by atoms with E-state index in [0.717, 1.165) is 16.3 Å². The standard InChI is InChI=1S/C11H13NO3S/c1-6-3-7(4-9(14)15-2)12-11-10(6)8(13)5-16-11/h4,6,12H,3,5H2,1-2H3. The van der Waals surface area contributed by atoms with Crippen LogP contribution >= 0.6 is 11.8 Å². The minimum Gasteiger partial charge on any atom is -0.466 e. The lowest BCUT2D eigenvalue weighted by atomic mass is 9.91. The number of esters is 1. The number of rotatable bonds is 1. The Hall–Kier alpha value is -1.23. The molecule has 0 amide bonds. The molecular weight excluding hydrogens is 226 g/mol. The molecule has 86 valence electrons. The third-order valence-corrected chi connectivity index (χ3v) is 3.70. The van der Waals surface area contributed by atoms with Crippen LogP contribution in [-0.2, 0) is 14.3 Å². The van der Waals surface area contributed by atoms with E-state index >= 15 is 0 Å². The largest absolute Gasteiger partial charge is 0.466 e. The summed E-state index contributed by atoms with van der Waals surface area (Å²) in [4.78, 5) is 22.7. The molecule has 0 saturated carbocycles. The van der Waals surface area contributed by atoms with Crippen LogP contribution in [0.25, 0.3) is 0 Å². The van der Waals surface area contributed by atoms with E-state index in [1.165, 1.54) is 24.9 Å². The van der Waals surface area contributed by atoms with Crippen LogP contribution in [0.4, 0.5) is 0 Å². The highest BCUT2D eigenvalue weighted by Crippen LogP contribution is 2.38. The number of ether oxygens (including phenoxy) is 1. The molecular formula is C11H13NO3S. The van der Waals surface area contributed by atoms with Crippen LogP contribution in [-0.4, -0.2) is 24.6 Å². The van der Waals surface area contributed by atoms with Crippen molar-refractivity contribution in [1.82, 2.24) is 5.32 Å². The minimum atomic E-state index is -0.368. The van der Waals surface area contributed by atoms with Crippen LogP contribution in [0.2, 0.25) is 0 Å². The van der Waals surface area contributed by atoms with Crippen molar-refractivity contribution in [3.8, 4) is 0 Å². The fourth-order valence-corrected chi connectivity index (χ4v) is 3.05. The van der Waals surface area contributed by atoms with Crippen LogP contribution in [0.15, 0.2) is 22.4 Å². The molecule has 0 bridgehead atoms. The highest BCUT2D eigenvalue weighted by molar-refractivity contribution is 8.04. The van der Waals surface area contributed by atoms with Crippen LogP contribution in [0, 0.1) is 5.92 Å². The van der Waals surface area contributed by atoms with E-state index in [4.69, 9.17) is 0 Å². The molecule has 2 aliphatic heterocycles. The Morgan fingerprint density at radius 1 is 1.62 bits per heavy atom. The number of Topliss-reactive ketones (excluding diaryl/α,β-unsaturated/α-hetero) is 1. The van der Waals surface area contributed by atoms with Gasteiger partial charge < -0.3 is 10.1 Å². The lowest BCUT2D eigenvalue weighted by Gasteiger charge is -2.23. The third-order valence-electron chi connectivity index (χ3n) is 2.68. The summed E-state index contributed by atoms with van der Waals surface area (Å²) >= 11 is 1.50. The van der Waals surface area contributed by atoms with Gasteiger partial charge in [-0.2, -0.15) is 0 Å². The quantitative estimate of drug-likeness (QED) is 0.550. The Morgan fingerprint density at radius 3 is 3.06 bits per heavy atom. The van der Waals surface area contributed by atoms with E-state index < -0.39 is 0 Å². The lowest BCUT2D eigenvalue weighted by molar-refractivity contribution is -0.134. The molecule has 4 nitrogen and oxygen atoms in total. The molecule has 0 aromatic rings. The van der Waals surface area contributed by atoms with Crippen molar-refractivity contribution in [2.24, 2.45) is 5.92 Å². The fourth-order valence-electron chi connectivity index (χ4n) is 1.95. The van der Waals surface area contributed by atoms with Crippen molar-refractivity contribution in [1.29, 1.82) is 0 Å². The second kappa shape index (κ2) is 4.33. The lowest BCUT2D eigenvalue weighted by Crippen LogP contribution is -2.24. The van der Waals surface area contributed by atoms with Crippen LogP contribution < -0.4 is 5.32 Å². The predicted octanol–water partition coefficient (Wildman–Crippen LogP) is 1.20. The normalized spacial score (nSPS) is 26.8. The predicted molar refractivity (Wildman–Crippen MR) is 61.5 cm³/mol. The summed E-state index contributed by atoms with van der Waals surface area (Å²) in [5.41, 5.74) is 1.70. The fraction of sp³-hybridized carbons (Fsp3) is 0.455. The summed E-state index contributed by atoms with van der Waals surface area (Å²) in [5.74, 6) is 0.521. The van der Waals surface area contributed by atoms with Crippen molar-refractivity contribution < 1.29 is 14.3 Å². The van der Waals surface area contributed by atoms with Gasteiger partial charge in [-0.25, -0.2) is 4.79 Å². The van der Waals surface area contributed by atoms with Gasteiger partial charge in [-0.15, -0.1) is 0 Å². The number of allylic oxidation sites excluding steroid dienone is 2. The van der Waals surface area contributed by atoms with Gasteiger partial charge in [0.05, 0.1) is 17.9 Å². The van der Waals surface area contributed by atoms with E-state index in [2.05, 4.69) is 10.1 Å². The Bertz CT molecular complexity index is 411. The average Bonchev–Trinajstić information content (AvgIpc) is 2.60. The van der Waals surface area contributed by atoms with Gasteiger partial charge in [-0.05, 0) is 12.3 Å². The number of hydrogen-bond donors (Lipinski definition) is 1. The zero-order valence-electron chi connectivity index (χ0n) is 9.20. The highest BCUT2D eigenvalue weighted by Gasteiger charge is 2.32. The Labute approximate surface area is 98.1 Å². The third kappa shape index (κ3) is 2.00. The monoisotopic (exact) mass is 239 g/mol. The molecule has 0 radical (unpaired) electrons. The number of hydrogen-bond acceptors (Lipinski definition) is 5. The molecule has 1 atom stereocenters. The number of thioether (sulfide) groups is 1. The molecule has 0 aliphatic carbocycles. The second-order valence-electron chi connectivity index (χ2n) is 3.88. The number of nitrogens with one attached hydrogen (secondary N) is 1. The van der Waals surface area contributed by atoms with Crippen molar-refractivity contribution in [3.05, 3.63) is 22.4 Å². The van der Waals surface area contributed by atoms with Gasteiger partial charge in [0.15, 0.2) is 5.78 Å².